The van der Waals surface area contributed by atoms with Gasteiger partial charge in [-0.2, -0.15) is 5.10 Å². The molecule has 200 valence electrons. The largest absolute Gasteiger partial charge is 0.493 e. The van der Waals surface area contributed by atoms with E-state index < -0.39 is 5.60 Å². The van der Waals surface area contributed by atoms with Gasteiger partial charge in [-0.3, -0.25) is 14.7 Å². The third-order valence-electron chi connectivity index (χ3n) is 8.03. The Bertz CT molecular complexity index is 1320. The molecule has 0 bridgehead atoms. The molecule has 2 N–H and O–H groups in total. The second-order valence-corrected chi connectivity index (χ2v) is 11.3. The molecule has 8 nitrogen and oxygen atoms in total. The van der Waals surface area contributed by atoms with Gasteiger partial charge in [0.15, 0.2) is 0 Å². The topological polar surface area (TPSA) is 96.6 Å². The van der Waals surface area contributed by atoms with E-state index in [2.05, 4.69) is 15.5 Å². The smallest absolute Gasteiger partial charge is 0.254 e. The monoisotopic (exact) mass is 536 g/mol. The van der Waals surface area contributed by atoms with E-state index in [-0.39, 0.29) is 24.3 Å². The highest BCUT2D eigenvalue weighted by atomic mass is 35.5. The molecular weight excluding hydrogens is 504 g/mol. The van der Waals surface area contributed by atoms with Crippen molar-refractivity contribution in [3.8, 4) is 5.75 Å². The van der Waals surface area contributed by atoms with Gasteiger partial charge in [0.2, 0.25) is 5.91 Å². The number of amides is 2. The molecule has 6 rings (SSSR count). The van der Waals surface area contributed by atoms with Gasteiger partial charge in [0, 0.05) is 22.5 Å². The molecule has 0 unspecified atom stereocenters. The lowest BCUT2D eigenvalue weighted by Crippen LogP contribution is -2.65. The molecule has 2 heterocycles. The van der Waals surface area contributed by atoms with E-state index in [1.165, 1.54) is 12.8 Å². The first-order valence-electron chi connectivity index (χ1n) is 13.6. The number of carbonyl (C=O) groups is 2. The summed E-state index contributed by atoms with van der Waals surface area (Å²) in [5, 5.41) is 12.0. The predicted molar refractivity (Wildman–Crippen MR) is 144 cm³/mol. The summed E-state index contributed by atoms with van der Waals surface area (Å²) in [5.41, 5.74) is 1.55. The van der Waals surface area contributed by atoms with Crippen molar-refractivity contribution >= 4 is 34.3 Å². The van der Waals surface area contributed by atoms with Gasteiger partial charge in [0.25, 0.3) is 5.91 Å². The fraction of sp³-hybridized carbons (Fsp3) is 0.483. The van der Waals surface area contributed by atoms with Crippen LogP contribution in [0.4, 0.5) is 0 Å². The highest BCUT2D eigenvalue weighted by Crippen LogP contribution is 2.36. The number of nitrogens with one attached hydrogen (secondary N) is 2. The number of nitrogens with zero attached hydrogens (tertiary/aromatic N) is 2. The minimum absolute atomic E-state index is 0.0142. The number of hydrogen-bond donors (Lipinski definition) is 2. The van der Waals surface area contributed by atoms with E-state index in [1.807, 2.05) is 35.2 Å². The normalized spacial score (nSPS) is 23.5. The van der Waals surface area contributed by atoms with Crippen molar-refractivity contribution in [1.82, 2.24) is 20.4 Å². The van der Waals surface area contributed by atoms with Crippen molar-refractivity contribution in [2.75, 3.05) is 26.3 Å². The molecule has 1 spiro atoms. The Morgan fingerprint density at radius 2 is 2.00 bits per heavy atom. The van der Waals surface area contributed by atoms with E-state index in [1.54, 1.807) is 12.1 Å². The molecule has 2 aromatic carbocycles. The molecule has 2 saturated carbocycles. The van der Waals surface area contributed by atoms with Crippen LogP contribution in [0.25, 0.3) is 10.9 Å². The van der Waals surface area contributed by atoms with Gasteiger partial charge in [0.1, 0.15) is 11.4 Å². The van der Waals surface area contributed by atoms with Crippen molar-refractivity contribution < 1.29 is 19.1 Å². The van der Waals surface area contributed by atoms with Crippen LogP contribution in [0, 0.1) is 5.92 Å². The van der Waals surface area contributed by atoms with Gasteiger partial charge >= 0.3 is 0 Å². The number of aromatic amines is 1. The fourth-order valence-electron chi connectivity index (χ4n) is 5.71. The standard InChI is InChI=1S/C29H33ClN4O4/c30-21-8-11-23-24(15-21)32-33-25(23)16-27(35)31-26-3-1-2-12-29(26)18-34(13-14-38-29)28(36)20-6-9-22(10-7-20)37-17-19-4-5-19/h6-11,15,19,26H,1-5,12-14,16-18H2,(H,31,35)(H,32,33)/t26-,29+/m0/s1. The quantitative estimate of drug-likeness (QED) is 0.463. The first-order valence-corrected chi connectivity index (χ1v) is 13.9. The van der Waals surface area contributed by atoms with Gasteiger partial charge in [-0.15, -0.1) is 0 Å². The molecule has 2 atom stereocenters. The Balaban J connectivity index is 1.12. The highest BCUT2D eigenvalue weighted by molar-refractivity contribution is 6.31. The number of aromatic nitrogens is 2. The van der Waals surface area contributed by atoms with E-state index in [4.69, 9.17) is 21.1 Å². The predicted octanol–water partition coefficient (Wildman–Crippen LogP) is 4.52. The van der Waals surface area contributed by atoms with Crippen LogP contribution in [0.5, 0.6) is 5.75 Å². The summed E-state index contributed by atoms with van der Waals surface area (Å²) >= 11 is 6.07. The molecule has 3 fully saturated rings. The summed E-state index contributed by atoms with van der Waals surface area (Å²) in [6, 6.07) is 12.7. The molecular formula is C29H33ClN4O4. The van der Waals surface area contributed by atoms with E-state index in [0.717, 1.165) is 54.6 Å². The van der Waals surface area contributed by atoms with Gasteiger partial charge in [-0.25, -0.2) is 0 Å². The summed E-state index contributed by atoms with van der Waals surface area (Å²) in [4.78, 5) is 28.4. The van der Waals surface area contributed by atoms with Crippen molar-refractivity contribution in [1.29, 1.82) is 0 Å². The Labute approximate surface area is 227 Å². The first-order chi connectivity index (χ1) is 18.5. The Kier molecular flexibility index (Phi) is 7.01. The van der Waals surface area contributed by atoms with E-state index in [9.17, 15) is 9.59 Å². The summed E-state index contributed by atoms with van der Waals surface area (Å²) in [7, 11) is 0. The lowest BCUT2D eigenvalue weighted by molar-refractivity contribution is -0.144. The van der Waals surface area contributed by atoms with Crippen LogP contribution in [-0.4, -0.2) is 64.9 Å². The van der Waals surface area contributed by atoms with Crippen LogP contribution in [0.1, 0.15) is 54.6 Å². The molecule has 1 aliphatic heterocycles. The van der Waals surface area contributed by atoms with Crippen LogP contribution in [0.15, 0.2) is 42.5 Å². The average molecular weight is 537 g/mol. The van der Waals surface area contributed by atoms with Crippen molar-refractivity contribution in [2.24, 2.45) is 5.92 Å². The summed E-state index contributed by atoms with van der Waals surface area (Å²) in [6.07, 6.45) is 6.31. The molecule has 2 amide bonds. The van der Waals surface area contributed by atoms with Crippen LogP contribution in [0.2, 0.25) is 5.02 Å². The average Bonchev–Trinajstić information content (AvgIpc) is 3.69. The van der Waals surface area contributed by atoms with E-state index in [0.29, 0.717) is 36.2 Å². The number of carbonyl (C=O) groups excluding carboxylic acids is 2. The zero-order valence-electron chi connectivity index (χ0n) is 21.4. The van der Waals surface area contributed by atoms with Crippen LogP contribution < -0.4 is 10.1 Å². The number of rotatable bonds is 7. The maximum absolute atomic E-state index is 13.4. The number of ether oxygens (including phenoxy) is 2. The van der Waals surface area contributed by atoms with Gasteiger partial charge in [-0.1, -0.05) is 24.4 Å². The maximum Gasteiger partial charge on any atom is 0.254 e. The number of halogens is 1. The van der Waals surface area contributed by atoms with Crippen LogP contribution in [-0.2, 0) is 16.0 Å². The van der Waals surface area contributed by atoms with Crippen molar-refractivity contribution in [3.63, 3.8) is 0 Å². The lowest BCUT2D eigenvalue weighted by Gasteiger charge is -2.49. The number of morpholine rings is 1. The van der Waals surface area contributed by atoms with Crippen molar-refractivity contribution in [2.45, 2.75) is 56.6 Å². The number of H-pyrrole nitrogens is 1. The summed E-state index contributed by atoms with van der Waals surface area (Å²) < 4.78 is 12.2. The van der Waals surface area contributed by atoms with Crippen molar-refractivity contribution in [3.05, 3.63) is 58.7 Å². The molecule has 9 heteroatoms. The summed E-state index contributed by atoms with van der Waals surface area (Å²) in [5.74, 6) is 1.38. The molecule has 1 saturated heterocycles. The number of benzene rings is 2. The van der Waals surface area contributed by atoms with Crippen LogP contribution >= 0.6 is 11.6 Å². The minimum Gasteiger partial charge on any atom is -0.493 e. The van der Waals surface area contributed by atoms with Crippen LogP contribution in [0.3, 0.4) is 0 Å². The zero-order valence-corrected chi connectivity index (χ0v) is 22.1. The Morgan fingerprint density at radius 1 is 1.16 bits per heavy atom. The number of fused-ring (bicyclic) bond motifs is 1. The van der Waals surface area contributed by atoms with Gasteiger partial charge < -0.3 is 19.7 Å². The first kappa shape index (κ1) is 25.2. The van der Waals surface area contributed by atoms with Gasteiger partial charge in [-0.05, 0) is 74.1 Å². The fourth-order valence-corrected chi connectivity index (χ4v) is 5.88. The maximum atomic E-state index is 13.4. The van der Waals surface area contributed by atoms with E-state index >= 15 is 0 Å². The molecule has 38 heavy (non-hydrogen) atoms. The minimum atomic E-state index is -0.585. The van der Waals surface area contributed by atoms with Gasteiger partial charge in [0.05, 0.1) is 43.4 Å². The molecule has 3 aliphatic rings. The Hall–Kier alpha value is -3.10. The number of hydrogen-bond acceptors (Lipinski definition) is 5. The second-order valence-electron chi connectivity index (χ2n) is 10.8. The molecule has 1 aromatic heterocycles. The lowest BCUT2D eigenvalue weighted by atomic mass is 9.78. The zero-order chi connectivity index (χ0) is 26.1. The molecule has 2 aliphatic carbocycles. The highest BCUT2D eigenvalue weighted by Gasteiger charge is 2.47. The Morgan fingerprint density at radius 3 is 2.82 bits per heavy atom. The molecule has 3 aromatic rings. The SMILES string of the molecule is O=C(Cc1[nH]nc2cc(Cl)ccc12)N[C@H]1CCCC[C@@]12CN(C(=O)c1ccc(OCC3CC3)cc1)CCO2. The third kappa shape index (κ3) is 5.38. The second kappa shape index (κ2) is 10.6. The summed E-state index contributed by atoms with van der Waals surface area (Å²) in [6.45, 7) is 2.19. The third-order valence-corrected chi connectivity index (χ3v) is 8.26. The molecule has 0 radical (unpaired) electrons.